The second kappa shape index (κ2) is 9.82. The zero-order valence-corrected chi connectivity index (χ0v) is 21.0. The van der Waals surface area contributed by atoms with Crippen molar-refractivity contribution in [3.63, 3.8) is 0 Å². The van der Waals surface area contributed by atoms with Gasteiger partial charge in [-0.05, 0) is 60.4 Å². The summed E-state index contributed by atoms with van der Waals surface area (Å²) >= 11 is 0. The Labute approximate surface area is 218 Å². The third-order valence-electron chi connectivity index (χ3n) is 6.98. The number of aryl methyl sites for hydroxylation is 1. The largest absolute Gasteiger partial charge is 0.464 e. The minimum absolute atomic E-state index is 0.153. The van der Waals surface area contributed by atoms with Gasteiger partial charge in [0.25, 0.3) is 5.92 Å². The van der Waals surface area contributed by atoms with Crippen LogP contribution >= 0.6 is 0 Å². The minimum Gasteiger partial charge on any atom is -0.464 e. The predicted octanol–water partition coefficient (Wildman–Crippen LogP) is 6.57. The molecule has 8 heteroatoms. The molecule has 192 valence electrons. The molecule has 0 saturated carbocycles. The molecule has 0 radical (unpaired) electrons. The lowest BCUT2D eigenvalue weighted by atomic mass is 9.98. The van der Waals surface area contributed by atoms with Crippen molar-refractivity contribution in [2.75, 3.05) is 6.54 Å². The van der Waals surface area contributed by atoms with E-state index in [-0.39, 0.29) is 18.6 Å². The van der Waals surface area contributed by atoms with E-state index >= 15 is 0 Å². The van der Waals surface area contributed by atoms with Gasteiger partial charge in [-0.15, -0.1) is 0 Å². The van der Waals surface area contributed by atoms with Crippen molar-refractivity contribution < 1.29 is 22.8 Å². The van der Waals surface area contributed by atoms with Crippen LogP contribution in [-0.2, 0) is 4.79 Å². The van der Waals surface area contributed by atoms with Gasteiger partial charge in [0.15, 0.2) is 5.78 Å². The van der Waals surface area contributed by atoms with E-state index in [9.17, 15) is 18.4 Å². The summed E-state index contributed by atoms with van der Waals surface area (Å²) in [6.07, 6.45) is 4.20. The van der Waals surface area contributed by atoms with Crippen LogP contribution in [0, 0.1) is 18.3 Å². The standard InChI is InChI=1S/C30H25F2N3O3/c1-18(21-4-5-23-19(2)16-38-28(23)13-21)11-20-3-6-26-25(12-20)24(9-10-34-26)27(36)7-8-29(37)35-17-30(31,32)14-22(35)15-33/h3-6,9-13,16,22H,7-8,14,17H2,1-2H3/b18-11+/t22-/m0/s1. The number of halogens is 2. The first-order chi connectivity index (χ1) is 18.1. The van der Waals surface area contributed by atoms with Crippen molar-refractivity contribution in [2.24, 2.45) is 0 Å². The van der Waals surface area contributed by atoms with Gasteiger partial charge in [0.1, 0.15) is 11.6 Å². The molecule has 38 heavy (non-hydrogen) atoms. The first-order valence-electron chi connectivity index (χ1n) is 12.3. The number of amides is 1. The summed E-state index contributed by atoms with van der Waals surface area (Å²) in [4.78, 5) is 30.9. The smallest absolute Gasteiger partial charge is 0.268 e. The van der Waals surface area contributed by atoms with Crippen LogP contribution in [0.25, 0.3) is 33.5 Å². The Morgan fingerprint density at radius 3 is 2.79 bits per heavy atom. The topological polar surface area (TPSA) is 87.2 Å². The minimum atomic E-state index is -3.09. The summed E-state index contributed by atoms with van der Waals surface area (Å²) in [6.45, 7) is 3.20. The number of likely N-dealkylation sites (tertiary alicyclic amines) is 1. The summed E-state index contributed by atoms with van der Waals surface area (Å²) < 4.78 is 33.0. The molecule has 5 rings (SSSR count). The van der Waals surface area contributed by atoms with E-state index in [1.165, 1.54) is 6.20 Å². The highest BCUT2D eigenvalue weighted by molar-refractivity contribution is 6.08. The number of alkyl halides is 2. The fraction of sp³-hybridized carbons (Fsp3) is 0.267. The van der Waals surface area contributed by atoms with Crippen molar-refractivity contribution in [1.82, 2.24) is 9.88 Å². The van der Waals surface area contributed by atoms with Gasteiger partial charge in [0, 0.05) is 41.8 Å². The fourth-order valence-corrected chi connectivity index (χ4v) is 4.93. The highest BCUT2D eigenvalue weighted by atomic mass is 19.3. The fourth-order valence-electron chi connectivity index (χ4n) is 4.93. The van der Waals surface area contributed by atoms with Gasteiger partial charge in [-0.2, -0.15) is 5.26 Å². The molecule has 6 nitrogen and oxygen atoms in total. The highest BCUT2D eigenvalue weighted by Crippen LogP contribution is 2.32. The lowest BCUT2D eigenvalue weighted by molar-refractivity contribution is -0.132. The van der Waals surface area contributed by atoms with Crippen LogP contribution in [0.4, 0.5) is 8.78 Å². The molecule has 0 N–H and O–H groups in total. The second-order valence-electron chi connectivity index (χ2n) is 9.74. The lowest BCUT2D eigenvalue weighted by Gasteiger charge is -2.18. The summed E-state index contributed by atoms with van der Waals surface area (Å²) in [5.41, 5.74) is 5.84. The van der Waals surface area contributed by atoms with E-state index in [4.69, 9.17) is 9.68 Å². The molecule has 0 aliphatic carbocycles. The van der Waals surface area contributed by atoms with Crippen molar-refractivity contribution in [3.05, 3.63) is 77.2 Å². The number of ketones is 1. The Kier molecular flexibility index (Phi) is 6.53. The lowest BCUT2D eigenvalue weighted by Crippen LogP contribution is -2.36. The molecule has 1 fully saturated rings. The predicted molar refractivity (Wildman–Crippen MR) is 140 cm³/mol. The van der Waals surface area contributed by atoms with Gasteiger partial charge in [0.2, 0.25) is 5.91 Å². The van der Waals surface area contributed by atoms with E-state index in [1.807, 2.05) is 56.3 Å². The first kappa shape index (κ1) is 25.3. The van der Waals surface area contributed by atoms with Crippen molar-refractivity contribution >= 4 is 45.2 Å². The Hall–Kier alpha value is -4.38. The summed E-state index contributed by atoms with van der Waals surface area (Å²) in [6, 6.07) is 13.9. The molecule has 0 spiro atoms. The van der Waals surface area contributed by atoms with Gasteiger partial charge in [-0.1, -0.05) is 24.3 Å². The molecule has 1 atom stereocenters. The molecule has 0 unspecified atom stereocenters. The molecule has 4 aromatic rings. The van der Waals surface area contributed by atoms with Gasteiger partial charge >= 0.3 is 0 Å². The summed E-state index contributed by atoms with van der Waals surface area (Å²) in [5, 5.41) is 10.9. The van der Waals surface area contributed by atoms with Crippen LogP contribution in [0.1, 0.15) is 53.2 Å². The number of fused-ring (bicyclic) bond motifs is 2. The molecule has 1 saturated heterocycles. The molecular weight excluding hydrogens is 488 g/mol. The number of Topliss-reactive ketones (excluding diaryl/α,β-unsaturated/α-hetero) is 1. The van der Waals surface area contributed by atoms with Crippen molar-refractivity contribution in [1.29, 1.82) is 5.26 Å². The number of carbonyl (C=O) groups excluding carboxylic acids is 2. The average Bonchev–Trinajstić information content (AvgIpc) is 3.44. The molecular formula is C30H25F2N3O3. The Morgan fingerprint density at radius 1 is 1.18 bits per heavy atom. The van der Waals surface area contributed by atoms with Crippen molar-refractivity contribution in [2.45, 2.75) is 45.1 Å². The Balaban J connectivity index is 1.36. The number of furan rings is 1. The monoisotopic (exact) mass is 513 g/mol. The number of aromatic nitrogens is 1. The zero-order valence-electron chi connectivity index (χ0n) is 21.0. The van der Waals surface area contributed by atoms with Crippen LogP contribution < -0.4 is 0 Å². The highest BCUT2D eigenvalue weighted by Gasteiger charge is 2.47. The summed E-state index contributed by atoms with van der Waals surface area (Å²) in [5.74, 6) is -4.00. The average molecular weight is 514 g/mol. The maximum Gasteiger partial charge on any atom is 0.268 e. The maximum absolute atomic E-state index is 13.7. The zero-order chi connectivity index (χ0) is 27.0. The normalized spacial score (nSPS) is 17.2. The Morgan fingerprint density at radius 2 is 2.00 bits per heavy atom. The molecule has 1 aliphatic rings. The summed E-state index contributed by atoms with van der Waals surface area (Å²) in [7, 11) is 0. The number of carbonyl (C=O) groups is 2. The first-order valence-corrected chi connectivity index (χ1v) is 12.3. The Bertz CT molecular complexity index is 1650. The third-order valence-corrected chi connectivity index (χ3v) is 6.98. The number of hydrogen-bond acceptors (Lipinski definition) is 5. The number of benzene rings is 2. The van der Waals surface area contributed by atoms with E-state index in [1.54, 1.807) is 18.4 Å². The molecule has 3 heterocycles. The van der Waals surface area contributed by atoms with E-state index < -0.39 is 30.8 Å². The van der Waals surface area contributed by atoms with E-state index in [2.05, 4.69) is 4.98 Å². The number of nitrogens with zero attached hydrogens (tertiary/aromatic N) is 3. The molecule has 1 aliphatic heterocycles. The van der Waals surface area contributed by atoms with Crippen LogP contribution in [0.15, 0.2) is 59.3 Å². The number of hydrogen-bond donors (Lipinski definition) is 0. The number of allylic oxidation sites excluding steroid dienone is 1. The van der Waals surface area contributed by atoms with Crippen LogP contribution in [0.2, 0.25) is 0 Å². The third kappa shape index (κ3) is 4.92. The number of nitriles is 1. The van der Waals surface area contributed by atoms with Crippen molar-refractivity contribution in [3.8, 4) is 6.07 Å². The van der Waals surface area contributed by atoms with Gasteiger partial charge in [0.05, 0.1) is 24.4 Å². The molecule has 1 amide bonds. The number of pyridine rings is 1. The SMILES string of the molecule is C/C(=C\c1ccc2nccc(C(=O)CCC(=O)N3CC(F)(F)C[C@H]3C#N)c2c1)c1ccc2c(C)coc2c1. The number of rotatable bonds is 6. The van der Waals surface area contributed by atoms with Gasteiger partial charge in [-0.3, -0.25) is 14.6 Å². The van der Waals surface area contributed by atoms with E-state index in [0.29, 0.717) is 16.5 Å². The molecule has 2 aromatic heterocycles. The van der Waals surface area contributed by atoms with Gasteiger partial charge in [-0.25, -0.2) is 8.78 Å². The van der Waals surface area contributed by atoms with E-state index in [0.717, 1.165) is 38.1 Å². The van der Waals surface area contributed by atoms with Crippen LogP contribution in [-0.4, -0.2) is 40.1 Å². The molecule has 0 bridgehead atoms. The van der Waals surface area contributed by atoms with Crippen LogP contribution in [0.3, 0.4) is 0 Å². The maximum atomic E-state index is 13.7. The van der Waals surface area contributed by atoms with Crippen LogP contribution in [0.5, 0.6) is 0 Å². The second-order valence-corrected chi connectivity index (χ2v) is 9.74. The molecule has 2 aromatic carbocycles. The van der Waals surface area contributed by atoms with Gasteiger partial charge < -0.3 is 9.32 Å². The quantitative estimate of drug-likeness (QED) is 0.215.